The van der Waals surface area contributed by atoms with Crippen molar-refractivity contribution in [2.75, 3.05) is 13.1 Å². The summed E-state index contributed by atoms with van der Waals surface area (Å²) in [5, 5.41) is 6.79. The monoisotopic (exact) mass is 162 g/mol. The van der Waals surface area contributed by atoms with Crippen molar-refractivity contribution in [2.45, 2.75) is 46.2 Å². The van der Waals surface area contributed by atoms with Crippen molar-refractivity contribution in [3.63, 3.8) is 0 Å². The zero-order chi connectivity index (χ0) is 8.69. The highest BCUT2D eigenvalue weighted by atomic mass is 15.0. The van der Waals surface area contributed by atoms with Crippen LogP contribution in [0, 0.1) is 0 Å². The Morgan fingerprint density at radius 2 is 1.64 bits per heavy atom. The van der Waals surface area contributed by atoms with E-state index in [1.807, 2.05) is 0 Å². The topological polar surface area (TPSA) is 24.1 Å². The zero-order valence-electron chi connectivity index (χ0n) is 8.28. The van der Waals surface area contributed by atoms with Crippen LogP contribution >= 0.6 is 0 Å². The first-order chi connectivity index (χ1) is 5.16. The van der Waals surface area contributed by atoms with E-state index in [4.69, 9.17) is 0 Å². The Hall–Kier alpha value is -0.0800. The molecule has 0 radical (unpaired) electrons. The fraction of sp³-hybridized carbons (Fsp3) is 1.00. The molecule has 0 aliphatic rings. The number of hydrogen-bond donors (Lipinski definition) is 2. The summed E-state index contributed by atoms with van der Waals surface area (Å²) in [5.74, 6) is 0. The van der Waals surface area contributed by atoms with Crippen molar-refractivity contribution in [3.05, 3.63) is 0 Å². The lowest BCUT2D eigenvalue weighted by molar-refractivity contribution is 0.499. The van der Waals surface area contributed by atoms with E-state index in [0.29, 0.717) is 12.1 Å². The molecule has 0 aromatic rings. The molecule has 0 spiro atoms. The molecule has 0 saturated carbocycles. The first kappa shape index (κ1) is 10.9. The summed E-state index contributed by atoms with van der Waals surface area (Å²) in [6.45, 7) is 10.9. The Balaban J connectivity index is -0.000000500. The van der Waals surface area contributed by atoms with E-state index in [-0.39, 0.29) is 2.85 Å². The van der Waals surface area contributed by atoms with Crippen molar-refractivity contribution in [1.82, 2.24) is 10.6 Å². The minimum Gasteiger partial charge on any atom is -0.313 e. The molecule has 0 aromatic heterocycles. The highest BCUT2D eigenvalue weighted by Gasteiger charge is 1.95. The van der Waals surface area contributed by atoms with Crippen LogP contribution in [0.5, 0.6) is 0 Å². The van der Waals surface area contributed by atoms with Crippen molar-refractivity contribution in [3.8, 4) is 0 Å². The van der Waals surface area contributed by atoms with Crippen molar-refractivity contribution < 1.29 is 2.85 Å². The van der Waals surface area contributed by atoms with Gasteiger partial charge in [-0.05, 0) is 13.3 Å². The summed E-state index contributed by atoms with van der Waals surface area (Å²) >= 11 is 0. The lowest BCUT2D eigenvalue weighted by Gasteiger charge is -2.12. The van der Waals surface area contributed by atoms with Gasteiger partial charge in [-0.25, -0.2) is 0 Å². The van der Waals surface area contributed by atoms with Gasteiger partial charge in [0.1, 0.15) is 0 Å². The van der Waals surface area contributed by atoms with Crippen molar-refractivity contribution in [2.24, 2.45) is 0 Å². The summed E-state index contributed by atoms with van der Waals surface area (Å²) in [7, 11) is 0. The molecule has 0 aliphatic carbocycles. The molecule has 0 amide bonds. The highest BCUT2D eigenvalue weighted by Crippen LogP contribution is 1.85. The summed E-state index contributed by atoms with van der Waals surface area (Å²) in [5.41, 5.74) is 0. The number of hydrogen-bond acceptors (Lipinski definition) is 2. The maximum atomic E-state index is 3.43. The van der Waals surface area contributed by atoms with Gasteiger partial charge in [-0.1, -0.05) is 20.8 Å². The average molecular weight is 162 g/mol. The molecule has 2 N–H and O–H groups in total. The standard InChI is InChI=1S/C9H22N2.2H2/c1-5-9(4)11-7-6-10-8(2)3;;/h8-11H,5-7H2,1-4H3;2*1H. The smallest absolute Gasteiger partial charge is 0.00793 e. The third-order valence-corrected chi connectivity index (χ3v) is 1.78. The first-order valence-corrected chi connectivity index (χ1v) is 4.63. The largest absolute Gasteiger partial charge is 0.313 e. The molecule has 0 aromatic carbocycles. The van der Waals surface area contributed by atoms with Crippen LogP contribution in [0.1, 0.15) is 37.0 Å². The summed E-state index contributed by atoms with van der Waals surface area (Å²) in [6, 6.07) is 1.26. The Labute approximate surface area is 73.7 Å². The third-order valence-electron chi connectivity index (χ3n) is 1.78. The lowest BCUT2D eigenvalue weighted by Crippen LogP contribution is -2.35. The number of rotatable bonds is 6. The second-order valence-electron chi connectivity index (χ2n) is 3.37. The van der Waals surface area contributed by atoms with Gasteiger partial charge < -0.3 is 10.6 Å². The SMILES string of the molecule is CCC(C)NCCNC(C)C.[HH].[HH]. The maximum Gasteiger partial charge on any atom is 0.00793 e. The normalized spacial score (nSPS) is 13.9. The molecule has 0 rings (SSSR count). The van der Waals surface area contributed by atoms with Gasteiger partial charge >= 0.3 is 0 Å². The molecule has 11 heavy (non-hydrogen) atoms. The van der Waals surface area contributed by atoms with Crippen LogP contribution in [0.4, 0.5) is 0 Å². The van der Waals surface area contributed by atoms with E-state index in [9.17, 15) is 0 Å². The van der Waals surface area contributed by atoms with Crippen LogP contribution in [0.25, 0.3) is 0 Å². The molecule has 1 unspecified atom stereocenters. The van der Waals surface area contributed by atoms with Gasteiger partial charge in [0.05, 0.1) is 0 Å². The Morgan fingerprint density at radius 1 is 1.09 bits per heavy atom. The van der Waals surface area contributed by atoms with Crippen LogP contribution in [0.15, 0.2) is 0 Å². The minimum absolute atomic E-state index is 0. The highest BCUT2D eigenvalue weighted by molar-refractivity contribution is 4.60. The van der Waals surface area contributed by atoms with E-state index in [0.717, 1.165) is 13.1 Å². The van der Waals surface area contributed by atoms with E-state index < -0.39 is 0 Å². The summed E-state index contributed by atoms with van der Waals surface area (Å²) in [4.78, 5) is 0. The third kappa shape index (κ3) is 7.82. The second kappa shape index (κ2) is 6.62. The van der Waals surface area contributed by atoms with Gasteiger partial charge in [0.2, 0.25) is 0 Å². The molecule has 0 bridgehead atoms. The Kier molecular flexibility index (Phi) is 6.57. The summed E-state index contributed by atoms with van der Waals surface area (Å²) < 4.78 is 0. The van der Waals surface area contributed by atoms with Crippen LogP contribution in [-0.2, 0) is 0 Å². The Morgan fingerprint density at radius 3 is 2.09 bits per heavy atom. The van der Waals surface area contributed by atoms with Gasteiger partial charge in [-0.15, -0.1) is 0 Å². The predicted molar refractivity (Wildman–Crippen MR) is 55.1 cm³/mol. The quantitative estimate of drug-likeness (QED) is 0.583. The molecule has 1 atom stereocenters. The first-order valence-electron chi connectivity index (χ1n) is 4.63. The van der Waals surface area contributed by atoms with E-state index in [1.54, 1.807) is 0 Å². The number of nitrogens with one attached hydrogen (secondary N) is 2. The zero-order valence-corrected chi connectivity index (χ0v) is 8.28. The average Bonchev–Trinajstić information content (AvgIpc) is 1.97. The summed E-state index contributed by atoms with van der Waals surface area (Å²) in [6.07, 6.45) is 1.21. The van der Waals surface area contributed by atoms with Gasteiger partial charge in [-0.2, -0.15) is 0 Å². The lowest BCUT2D eigenvalue weighted by atomic mass is 10.2. The molecule has 0 fully saturated rings. The molecule has 0 aliphatic heterocycles. The van der Waals surface area contributed by atoms with Gasteiger partial charge in [0.15, 0.2) is 0 Å². The maximum absolute atomic E-state index is 3.43. The molecule has 72 valence electrons. The van der Waals surface area contributed by atoms with Crippen molar-refractivity contribution >= 4 is 0 Å². The van der Waals surface area contributed by atoms with Crippen LogP contribution < -0.4 is 10.6 Å². The van der Waals surface area contributed by atoms with Crippen LogP contribution in [-0.4, -0.2) is 25.2 Å². The van der Waals surface area contributed by atoms with Gasteiger partial charge in [0, 0.05) is 28.0 Å². The molecule has 0 saturated heterocycles. The van der Waals surface area contributed by atoms with Crippen LogP contribution in [0.3, 0.4) is 0 Å². The van der Waals surface area contributed by atoms with Gasteiger partial charge in [-0.3, -0.25) is 0 Å². The van der Waals surface area contributed by atoms with Crippen molar-refractivity contribution in [1.29, 1.82) is 0 Å². The van der Waals surface area contributed by atoms with E-state index in [1.165, 1.54) is 6.42 Å². The molecular weight excluding hydrogens is 136 g/mol. The molecule has 0 heterocycles. The molecule has 2 heteroatoms. The molecular formula is C9H26N2. The fourth-order valence-corrected chi connectivity index (χ4v) is 0.824. The minimum atomic E-state index is 0. The van der Waals surface area contributed by atoms with E-state index >= 15 is 0 Å². The Bertz CT molecular complexity index is 89.7. The second-order valence-corrected chi connectivity index (χ2v) is 3.37. The predicted octanol–water partition coefficient (Wildman–Crippen LogP) is 1.86. The molecule has 2 nitrogen and oxygen atoms in total. The van der Waals surface area contributed by atoms with Crippen LogP contribution in [0.2, 0.25) is 0 Å². The van der Waals surface area contributed by atoms with Gasteiger partial charge in [0.25, 0.3) is 0 Å². The fourth-order valence-electron chi connectivity index (χ4n) is 0.824. The van der Waals surface area contributed by atoms with E-state index in [2.05, 4.69) is 38.3 Å².